The van der Waals surface area contributed by atoms with Gasteiger partial charge in [0.05, 0.1) is 11.5 Å². The van der Waals surface area contributed by atoms with E-state index in [0.29, 0.717) is 18.7 Å². The van der Waals surface area contributed by atoms with E-state index in [4.69, 9.17) is 5.73 Å². The Morgan fingerprint density at radius 2 is 2.00 bits per heavy atom. The van der Waals surface area contributed by atoms with Gasteiger partial charge in [0.1, 0.15) is 0 Å². The van der Waals surface area contributed by atoms with Crippen molar-refractivity contribution in [2.45, 2.75) is 32.4 Å². The van der Waals surface area contributed by atoms with Crippen molar-refractivity contribution in [3.05, 3.63) is 35.4 Å². The topological polar surface area (TPSA) is 63.4 Å². The summed E-state index contributed by atoms with van der Waals surface area (Å²) >= 11 is 0. The smallest absolute Gasteiger partial charge is 0.151 e. The van der Waals surface area contributed by atoms with Crippen LogP contribution in [0.5, 0.6) is 0 Å². The predicted molar refractivity (Wildman–Crippen MR) is 82.4 cm³/mol. The number of aryl methyl sites for hydroxylation is 1. The van der Waals surface area contributed by atoms with Crippen LogP contribution in [0.3, 0.4) is 0 Å². The molecule has 2 rings (SSSR count). The maximum Gasteiger partial charge on any atom is 0.151 e. The lowest BCUT2D eigenvalue weighted by atomic mass is 9.97. The molecule has 1 aliphatic rings. The average molecular weight is 296 g/mol. The lowest BCUT2D eigenvalue weighted by Gasteiger charge is -2.33. The molecule has 2 atom stereocenters. The second-order valence-electron chi connectivity index (χ2n) is 5.76. The number of sulfone groups is 1. The van der Waals surface area contributed by atoms with Crippen molar-refractivity contribution in [2.24, 2.45) is 5.73 Å². The molecule has 0 spiro atoms. The van der Waals surface area contributed by atoms with Gasteiger partial charge in [0, 0.05) is 18.6 Å². The van der Waals surface area contributed by atoms with Crippen LogP contribution < -0.4 is 5.73 Å². The summed E-state index contributed by atoms with van der Waals surface area (Å²) in [4.78, 5) is 2.23. The zero-order valence-corrected chi connectivity index (χ0v) is 13.1. The Kier molecular flexibility index (Phi) is 4.83. The van der Waals surface area contributed by atoms with Crippen LogP contribution in [0.15, 0.2) is 24.3 Å². The summed E-state index contributed by atoms with van der Waals surface area (Å²) in [6, 6.07) is 8.39. The van der Waals surface area contributed by atoms with Gasteiger partial charge in [0.25, 0.3) is 0 Å². The number of benzene rings is 1. The summed E-state index contributed by atoms with van der Waals surface area (Å²) in [6.45, 7) is 5.42. The number of hydrogen-bond donors (Lipinski definition) is 1. The van der Waals surface area contributed by atoms with Gasteiger partial charge in [-0.3, -0.25) is 4.90 Å². The second kappa shape index (κ2) is 6.24. The first-order valence-electron chi connectivity index (χ1n) is 7.16. The van der Waals surface area contributed by atoms with Crippen LogP contribution in [0.1, 0.15) is 30.5 Å². The second-order valence-corrected chi connectivity index (χ2v) is 8.06. The van der Waals surface area contributed by atoms with E-state index in [2.05, 4.69) is 30.0 Å². The van der Waals surface area contributed by atoms with Crippen LogP contribution in [0.2, 0.25) is 0 Å². The fourth-order valence-electron chi connectivity index (χ4n) is 2.94. The van der Waals surface area contributed by atoms with Crippen LogP contribution in [0.25, 0.3) is 0 Å². The molecule has 1 aromatic rings. The standard InChI is InChI=1S/C15H24N2O2S/c1-12-5-3-6-14(11-12)15(13(2)16)17-7-4-9-20(18,19)10-8-17/h3,5-6,11,13,15H,4,7-10,16H2,1-2H3. The molecule has 0 aliphatic carbocycles. The molecule has 2 N–H and O–H groups in total. The van der Waals surface area contributed by atoms with Crippen molar-refractivity contribution < 1.29 is 8.42 Å². The van der Waals surface area contributed by atoms with E-state index < -0.39 is 9.84 Å². The van der Waals surface area contributed by atoms with Gasteiger partial charge in [0.15, 0.2) is 9.84 Å². The molecule has 1 saturated heterocycles. The SMILES string of the molecule is Cc1cccc(C(C(C)N)N2CCCS(=O)(=O)CC2)c1. The maximum atomic E-state index is 11.7. The van der Waals surface area contributed by atoms with Gasteiger partial charge in [-0.05, 0) is 32.4 Å². The highest BCUT2D eigenvalue weighted by atomic mass is 32.2. The Morgan fingerprint density at radius 1 is 1.25 bits per heavy atom. The van der Waals surface area contributed by atoms with Crippen molar-refractivity contribution in [1.82, 2.24) is 4.90 Å². The molecule has 20 heavy (non-hydrogen) atoms. The Hall–Kier alpha value is -0.910. The Labute approximate surface area is 121 Å². The zero-order valence-electron chi connectivity index (χ0n) is 12.2. The molecule has 0 saturated carbocycles. The molecule has 4 nitrogen and oxygen atoms in total. The van der Waals surface area contributed by atoms with Crippen LogP contribution in [0.4, 0.5) is 0 Å². The van der Waals surface area contributed by atoms with E-state index in [1.165, 1.54) is 11.1 Å². The number of hydrogen-bond acceptors (Lipinski definition) is 4. The fraction of sp³-hybridized carbons (Fsp3) is 0.600. The van der Waals surface area contributed by atoms with E-state index in [-0.39, 0.29) is 17.8 Å². The third kappa shape index (κ3) is 3.81. The summed E-state index contributed by atoms with van der Waals surface area (Å²) in [5, 5.41) is 0. The molecular weight excluding hydrogens is 272 g/mol. The van der Waals surface area contributed by atoms with Crippen LogP contribution in [0, 0.1) is 6.92 Å². The normalized spacial score (nSPS) is 22.9. The molecule has 1 fully saturated rings. The van der Waals surface area contributed by atoms with Gasteiger partial charge < -0.3 is 5.73 Å². The highest BCUT2D eigenvalue weighted by molar-refractivity contribution is 7.91. The lowest BCUT2D eigenvalue weighted by molar-refractivity contribution is 0.190. The van der Waals surface area contributed by atoms with Crippen molar-refractivity contribution in [3.63, 3.8) is 0 Å². The third-order valence-corrected chi connectivity index (χ3v) is 5.58. The Morgan fingerprint density at radius 3 is 2.65 bits per heavy atom. The quantitative estimate of drug-likeness (QED) is 0.918. The minimum absolute atomic E-state index is 0.0300. The molecular formula is C15H24N2O2S. The van der Waals surface area contributed by atoms with Crippen molar-refractivity contribution in [2.75, 3.05) is 24.6 Å². The van der Waals surface area contributed by atoms with Crippen LogP contribution in [-0.2, 0) is 9.84 Å². The van der Waals surface area contributed by atoms with Crippen molar-refractivity contribution >= 4 is 9.84 Å². The Balaban J connectivity index is 2.25. The van der Waals surface area contributed by atoms with E-state index >= 15 is 0 Å². The summed E-state index contributed by atoms with van der Waals surface area (Å²) in [5.74, 6) is 0.533. The molecule has 0 aromatic heterocycles. The summed E-state index contributed by atoms with van der Waals surface area (Å²) in [6.07, 6.45) is 0.692. The van der Waals surface area contributed by atoms with E-state index in [9.17, 15) is 8.42 Å². The van der Waals surface area contributed by atoms with E-state index in [0.717, 1.165) is 6.54 Å². The summed E-state index contributed by atoms with van der Waals surface area (Å²) in [7, 11) is -2.88. The predicted octanol–water partition coefficient (Wildman–Crippen LogP) is 1.50. The van der Waals surface area contributed by atoms with Crippen molar-refractivity contribution in [3.8, 4) is 0 Å². The number of rotatable bonds is 3. The third-order valence-electron chi connectivity index (χ3n) is 3.87. The van der Waals surface area contributed by atoms with Gasteiger partial charge in [-0.2, -0.15) is 0 Å². The molecule has 2 unspecified atom stereocenters. The maximum absolute atomic E-state index is 11.7. The molecule has 5 heteroatoms. The minimum atomic E-state index is -2.88. The van der Waals surface area contributed by atoms with Crippen molar-refractivity contribution in [1.29, 1.82) is 0 Å². The highest BCUT2D eigenvalue weighted by Gasteiger charge is 2.28. The van der Waals surface area contributed by atoms with E-state index in [1.807, 2.05) is 13.0 Å². The Bertz CT molecular complexity index is 555. The largest absolute Gasteiger partial charge is 0.326 e. The molecule has 1 aliphatic heterocycles. The van der Waals surface area contributed by atoms with Gasteiger partial charge in [-0.25, -0.2) is 8.42 Å². The van der Waals surface area contributed by atoms with Gasteiger partial charge in [-0.15, -0.1) is 0 Å². The highest BCUT2D eigenvalue weighted by Crippen LogP contribution is 2.25. The molecule has 0 radical (unpaired) electrons. The minimum Gasteiger partial charge on any atom is -0.326 e. The average Bonchev–Trinajstić information content (AvgIpc) is 2.51. The summed E-state index contributed by atoms with van der Waals surface area (Å²) < 4.78 is 23.5. The van der Waals surface area contributed by atoms with Crippen LogP contribution in [-0.4, -0.2) is 44.0 Å². The lowest BCUT2D eigenvalue weighted by Crippen LogP contribution is -2.41. The van der Waals surface area contributed by atoms with E-state index in [1.54, 1.807) is 0 Å². The monoisotopic (exact) mass is 296 g/mol. The van der Waals surface area contributed by atoms with Gasteiger partial charge in [-0.1, -0.05) is 29.8 Å². The molecule has 0 amide bonds. The van der Waals surface area contributed by atoms with Gasteiger partial charge in [0.2, 0.25) is 0 Å². The fourth-order valence-corrected chi connectivity index (χ4v) is 4.22. The first-order chi connectivity index (χ1) is 9.39. The van der Waals surface area contributed by atoms with Gasteiger partial charge >= 0.3 is 0 Å². The first-order valence-corrected chi connectivity index (χ1v) is 8.98. The summed E-state index contributed by atoms with van der Waals surface area (Å²) in [5.41, 5.74) is 8.56. The molecule has 1 aromatic carbocycles. The number of nitrogens with two attached hydrogens (primary N) is 1. The zero-order chi connectivity index (χ0) is 14.8. The molecule has 112 valence electrons. The van der Waals surface area contributed by atoms with Crippen LogP contribution >= 0.6 is 0 Å². The molecule has 0 bridgehead atoms. The number of nitrogens with zero attached hydrogens (tertiary/aromatic N) is 1. The first kappa shape index (κ1) is 15.5. The molecule has 1 heterocycles.